The summed E-state index contributed by atoms with van der Waals surface area (Å²) in [4.78, 5) is 0. The van der Waals surface area contributed by atoms with E-state index in [1.54, 1.807) is 18.2 Å². The van der Waals surface area contributed by atoms with E-state index in [9.17, 15) is 8.42 Å². The number of nitrogen functional groups attached to an aromatic ring is 1. The highest BCUT2D eigenvalue weighted by Crippen LogP contribution is 2.21. The van der Waals surface area contributed by atoms with Gasteiger partial charge in [0.25, 0.3) is 10.1 Å². The molecule has 0 fully saturated rings. The first kappa shape index (κ1) is 10.0. The molecule has 0 spiro atoms. The Balaban J connectivity index is 3.10. The van der Waals surface area contributed by atoms with E-state index in [-0.39, 0.29) is 0 Å². The second-order valence-electron chi connectivity index (χ2n) is 2.83. The molecule has 0 aliphatic rings. The molecule has 1 atom stereocenters. The van der Waals surface area contributed by atoms with Gasteiger partial charge in [-0.2, -0.15) is 8.42 Å². The predicted molar refractivity (Wildman–Crippen MR) is 50.8 cm³/mol. The molecule has 0 bridgehead atoms. The lowest BCUT2D eigenvalue weighted by molar-refractivity contribution is 0.472. The molecule has 1 rings (SSSR count). The molecule has 0 aliphatic carbocycles. The molecule has 0 aromatic heterocycles. The summed E-state index contributed by atoms with van der Waals surface area (Å²) in [7, 11) is -4.03. The zero-order valence-corrected chi connectivity index (χ0v) is 7.95. The summed E-state index contributed by atoms with van der Waals surface area (Å²) in [5, 5.41) is -0.934. The topological polar surface area (TPSA) is 80.4 Å². The van der Waals surface area contributed by atoms with Crippen LogP contribution in [0.15, 0.2) is 24.3 Å². The van der Waals surface area contributed by atoms with Crippen LogP contribution in [0.2, 0.25) is 0 Å². The summed E-state index contributed by atoms with van der Waals surface area (Å²) in [6.07, 6.45) is 0. The zero-order chi connectivity index (χ0) is 10.1. The van der Waals surface area contributed by atoms with Crippen LogP contribution >= 0.6 is 0 Å². The lowest BCUT2D eigenvalue weighted by atomic mass is 10.1. The predicted octanol–water partition coefficient (Wildman–Crippen LogP) is 1.22. The van der Waals surface area contributed by atoms with Crippen LogP contribution in [0.25, 0.3) is 0 Å². The van der Waals surface area contributed by atoms with Crippen molar-refractivity contribution in [2.75, 3.05) is 5.73 Å². The molecular formula is C8H11NO3S. The van der Waals surface area contributed by atoms with Crippen molar-refractivity contribution in [3.8, 4) is 0 Å². The number of nitrogens with two attached hydrogens (primary N) is 1. The summed E-state index contributed by atoms with van der Waals surface area (Å²) in [5.74, 6) is 0. The molecule has 13 heavy (non-hydrogen) atoms. The van der Waals surface area contributed by atoms with E-state index in [1.807, 2.05) is 0 Å². The molecule has 0 saturated carbocycles. The molecule has 72 valence electrons. The molecule has 3 N–H and O–H groups in total. The van der Waals surface area contributed by atoms with Gasteiger partial charge in [-0.1, -0.05) is 12.1 Å². The van der Waals surface area contributed by atoms with Crippen molar-refractivity contribution >= 4 is 15.8 Å². The van der Waals surface area contributed by atoms with Gasteiger partial charge in [0.2, 0.25) is 0 Å². The van der Waals surface area contributed by atoms with Crippen molar-refractivity contribution in [2.24, 2.45) is 0 Å². The van der Waals surface area contributed by atoms with Gasteiger partial charge in [0.05, 0.1) is 0 Å². The van der Waals surface area contributed by atoms with E-state index in [1.165, 1.54) is 13.0 Å². The smallest absolute Gasteiger partial charge is 0.271 e. The van der Waals surface area contributed by atoms with E-state index < -0.39 is 15.4 Å². The summed E-state index contributed by atoms with van der Waals surface area (Å²) in [6.45, 7) is 1.41. The van der Waals surface area contributed by atoms with Gasteiger partial charge >= 0.3 is 0 Å². The van der Waals surface area contributed by atoms with Gasteiger partial charge in [-0.25, -0.2) is 0 Å². The van der Waals surface area contributed by atoms with Crippen LogP contribution in [-0.4, -0.2) is 13.0 Å². The molecule has 1 aromatic carbocycles. The highest BCUT2D eigenvalue weighted by atomic mass is 32.2. The number of hydrogen-bond donors (Lipinski definition) is 2. The Hall–Kier alpha value is -1.07. The lowest BCUT2D eigenvalue weighted by Crippen LogP contribution is -2.08. The van der Waals surface area contributed by atoms with Gasteiger partial charge in [-0.3, -0.25) is 4.55 Å². The SMILES string of the molecule is C[C@@H](c1cccc(N)c1)S(=O)(=O)O. The molecule has 0 unspecified atom stereocenters. The molecule has 0 aliphatic heterocycles. The maximum absolute atomic E-state index is 10.8. The maximum Gasteiger partial charge on any atom is 0.271 e. The first-order chi connectivity index (χ1) is 5.91. The van der Waals surface area contributed by atoms with Crippen LogP contribution in [0.1, 0.15) is 17.7 Å². The fourth-order valence-corrected chi connectivity index (χ4v) is 1.47. The average molecular weight is 201 g/mol. The average Bonchev–Trinajstić information content (AvgIpc) is 2.01. The third-order valence-electron chi connectivity index (χ3n) is 1.83. The second kappa shape index (κ2) is 3.35. The lowest BCUT2D eigenvalue weighted by Gasteiger charge is -2.08. The minimum Gasteiger partial charge on any atom is -0.399 e. The first-order valence-corrected chi connectivity index (χ1v) is 5.23. The number of benzene rings is 1. The fourth-order valence-electron chi connectivity index (χ4n) is 0.984. The minimum atomic E-state index is -4.03. The Labute approximate surface area is 77.1 Å². The second-order valence-corrected chi connectivity index (χ2v) is 4.56. The third-order valence-corrected chi connectivity index (χ3v) is 2.99. The van der Waals surface area contributed by atoms with E-state index in [0.717, 1.165) is 0 Å². The van der Waals surface area contributed by atoms with E-state index >= 15 is 0 Å². The quantitative estimate of drug-likeness (QED) is 0.557. The minimum absolute atomic E-state index is 0.480. The van der Waals surface area contributed by atoms with Crippen molar-refractivity contribution in [3.05, 3.63) is 29.8 Å². The molecule has 0 heterocycles. The van der Waals surface area contributed by atoms with Crippen LogP contribution in [0.5, 0.6) is 0 Å². The van der Waals surface area contributed by atoms with Crippen LogP contribution in [0, 0.1) is 0 Å². The summed E-state index contributed by atoms with van der Waals surface area (Å²) >= 11 is 0. The van der Waals surface area contributed by atoms with Gasteiger partial charge in [0, 0.05) is 5.69 Å². The van der Waals surface area contributed by atoms with Crippen molar-refractivity contribution < 1.29 is 13.0 Å². The van der Waals surface area contributed by atoms with Crippen molar-refractivity contribution in [1.82, 2.24) is 0 Å². The molecule has 0 saturated heterocycles. The Morgan fingerprint density at radius 1 is 1.46 bits per heavy atom. The molecule has 4 nitrogen and oxygen atoms in total. The summed E-state index contributed by atoms with van der Waals surface area (Å²) in [6, 6.07) is 6.43. The number of anilines is 1. The van der Waals surface area contributed by atoms with E-state index in [4.69, 9.17) is 10.3 Å². The molecule has 0 radical (unpaired) electrons. The van der Waals surface area contributed by atoms with Gasteiger partial charge in [0.15, 0.2) is 0 Å². The van der Waals surface area contributed by atoms with Crippen molar-refractivity contribution in [1.29, 1.82) is 0 Å². The van der Waals surface area contributed by atoms with Crippen molar-refractivity contribution in [3.63, 3.8) is 0 Å². The van der Waals surface area contributed by atoms with Crippen LogP contribution < -0.4 is 5.73 Å². The van der Waals surface area contributed by atoms with Crippen LogP contribution in [0.3, 0.4) is 0 Å². The van der Waals surface area contributed by atoms with Crippen LogP contribution in [-0.2, 0) is 10.1 Å². The fraction of sp³-hybridized carbons (Fsp3) is 0.250. The Morgan fingerprint density at radius 3 is 2.54 bits per heavy atom. The summed E-state index contributed by atoms with van der Waals surface area (Å²) in [5.41, 5.74) is 6.43. The monoisotopic (exact) mass is 201 g/mol. The maximum atomic E-state index is 10.8. The number of hydrogen-bond acceptors (Lipinski definition) is 3. The molecule has 5 heteroatoms. The Morgan fingerprint density at radius 2 is 2.08 bits per heavy atom. The van der Waals surface area contributed by atoms with Crippen molar-refractivity contribution in [2.45, 2.75) is 12.2 Å². The normalized spacial score (nSPS) is 14.0. The highest BCUT2D eigenvalue weighted by Gasteiger charge is 2.18. The standard InChI is InChI=1S/C8H11NO3S/c1-6(13(10,11)12)7-3-2-4-8(9)5-7/h2-6H,9H2,1H3,(H,10,11,12)/t6-/m0/s1. The number of rotatable bonds is 2. The highest BCUT2D eigenvalue weighted by molar-refractivity contribution is 7.86. The molecule has 1 aromatic rings. The Bertz CT molecular complexity index is 400. The van der Waals surface area contributed by atoms with Gasteiger partial charge in [0.1, 0.15) is 5.25 Å². The molecular weight excluding hydrogens is 190 g/mol. The first-order valence-electron chi connectivity index (χ1n) is 3.73. The Kier molecular flexibility index (Phi) is 2.58. The van der Waals surface area contributed by atoms with Crippen LogP contribution in [0.4, 0.5) is 5.69 Å². The largest absolute Gasteiger partial charge is 0.399 e. The zero-order valence-electron chi connectivity index (χ0n) is 7.14. The van der Waals surface area contributed by atoms with Gasteiger partial charge in [-0.05, 0) is 24.6 Å². The van der Waals surface area contributed by atoms with E-state index in [2.05, 4.69) is 0 Å². The van der Waals surface area contributed by atoms with E-state index in [0.29, 0.717) is 11.3 Å². The van der Waals surface area contributed by atoms with Gasteiger partial charge < -0.3 is 5.73 Å². The molecule has 0 amide bonds. The third kappa shape index (κ3) is 2.43. The van der Waals surface area contributed by atoms with Gasteiger partial charge in [-0.15, -0.1) is 0 Å². The summed E-state index contributed by atoms with van der Waals surface area (Å²) < 4.78 is 30.3.